The number of alkyl halides is 2. The summed E-state index contributed by atoms with van der Waals surface area (Å²) in [5.41, 5.74) is 1.39. The minimum Gasteiger partial charge on any atom is -0.375 e. The molecule has 0 radical (unpaired) electrons. The van der Waals surface area contributed by atoms with Crippen LogP contribution in [-0.2, 0) is 7.05 Å². The van der Waals surface area contributed by atoms with Gasteiger partial charge in [-0.15, -0.1) is 16.4 Å². The van der Waals surface area contributed by atoms with Crippen molar-refractivity contribution >= 4 is 27.2 Å². The highest BCUT2D eigenvalue weighted by atomic mass is 32.1. The maximum atomic E-state index is 12.7. The monoisotopic (exact) mass is 310 g/mol. The van der Waals surface area contributed by atoms with E-state index in [1.54, 1.807) is 29.9 Å². The fourth-order valence-electron chi connectivity index (χ4n) is 2.04. The van der Waals surface area contributed by atoms with E-state index in [1.165, 1.54) is 0 Å². The molecule has 2 aromatic heterocycles. The SMILES string of the molecule is CC(Nc1ccc2nc(C(F)F)sc2c1)c1nnnn1C. The molecule has 110 valence electrons. The highest BCUT2D eigenvalue weighted by Gasteiger charge is 2.15. The minimum absolute atomic E-state index is 0.107. The molecule has 21 heavy (non-hydrogen) atoms. The van der Waals surface area contributed by atoms with Crippen LogP contribution >= 0.6 is 11.3 Å². The van der Waals surface area contributed by atoms with Gasteiger partial charge in [0.25, 0.3) is 6.43 Å². The maximum Gasteiger partial charge on any atom is 0.289 e. The van der Waals surface area contributed by atoms with Crippen LogP contribution in [-0.4, -0.2) is 25.2 Å². The number of aromatic nitrogens is 5. The summed E-state index contributed by atoms with van der Waals surface area (Å²) in [5.74, 6) is 0.688. The van der Waals surface area contributed by atoms with Crippen LogP contribution in [0.5, 0.6) is 0 Å². The van der Waals surface area contributed by atoms with Gasteiger partial charge >= 0.3 is 0 Å². The fraction of sp³-hybridized carbons (Fsp3) is 0.333. The first-order valence-corrected chi connectivity index (χ1v) is 7.03. The Morgan fingerprint density at radius 2 is 2.14 bits per heavy atom. The number of aryl methyl sites for hydroxylation is 1. The molecule has 1 aromatic carbocycles. The topological polar surface area (TPSA) is 68.5 Å². The van der Waals surface area contributed by atoms with Crippen molar-refractivity contribution in [3.63, 3.8) is 0 Å². The van der Waals surface area contributed by atoms with Crippen LogP contribution in [0, 0.1) is 0 Å². The quantitative estimate of drug-likeness (QED) is 0.802. The smallest absolute Gasteiger partial charge is 0.289 e. The Kier molecular flexibility index (Phi) is 3.50. The molecular weight excluding hydrogens is 298 g/mol. The zero-order valence-electron chi connectivity index (χ0n) is 11.3. The van der Waals surface area contributed by atoms with Crippen LogP contribution in [0.15, 0.2) is 18.2 Å². The van der Waals surface area contributed by atoms with E-state index in [9.17, 15) is 8.78 Å². The molecule has 0 aliphatic carbocycles. The molecule has 0 fully saturated rings. The molecule has 0 spiro atoms. The Hall–Kier alpha value is -2.16. The zero-order valence-corrected chi connectivity index (χ0v) is 12.1. The highest BCUT2D eigenvalue weighted by Crippen LogP contribution is 2.31. The molecule has 0 amide bonds. The Morgan fingerprint density at radius 3 is 2.81 bits per heavy atom. The zero-order chi connectivity index (χ0) is 15.0. The van der Waals surface area contributed by atoms with E-state index >= 15 is 0 Å². The van der Waals surface area contributed by atoms with Gasteiger partial charge in [-0.3, -0.25) is 0 Å². The van der Waals surface area contributed by atoms with Gasteiger partial charge in [-0.05, 0) is 35.5 Å². The maximum absolute atomic E-state index is 12.7. The van der Waals surface area contributed by atoms with E-state index in [0.717, 1.165) is 21.7 Å². The second-order valence-electron chi connectivity index (χ2n) is 4.56. The van der Waals surface area contributed by atoms with Crippen molar-refractivity contribution < 1.29 is 8.78 Å². The largest absolute Gasteiger partial charge is 0.375 e. The number of rotatable bonds is 4. The molecule has 1 unspecified atom stereocenters. The first-order valence-electron chi connectivity index (χ1n) is 6.22. The molecule has 2 heterocycles. The second-order valence-corrected chi connectivity index (χ2v) is 5.62. The highest BCUT2D eigenvalue weighted by molar-refractivity contribution is 7.18. The van der Waals surface area contributed by atoms with Crippen LogP contribution in [0.3, 0.4) is 0 Å². The van der Waals surface area contributed by atoms with Crippen molar-refractivity contribution in [3.05, 3.63) is 29.0 Å². The third-order valence-corrected chi connectivity index (χ3v) is 4.04. The number of benzene rings is 1. The van der Waals surface area contributed by atoms with E-state index in [2.05, 4.69) is 25.8 Å². The fourth-order valence-corrected chi connectivity index (χ4v) is 2.91. The van der Waals surface area contributed by atoms with Gasteiger partial charge in [0.05, 0.1) is 16.3 Å². The van der Waals surface area contributed by atoms with Crippen molar-refractivity contribution in [1.82, 2.24) is 25.2 Å². The average molecular weight is 310 g/mol. The van der Waals surface area contributed by atoms with E-state index in [0.29, 0.717) is 11.3 Å². The molecular formula is C12H12F2N6S. The lowest BCUT2D eigenvalue weighted by Gasteiger charge is -2.13. The van der Waals surface area contributed by atoms with Gasteiger partial charge in [0.1, 0.15) is 0 Å². The average Bonchev–Trinajstić information content (AvgIpc) is 3.04. The molecule has 6 nitrogen and oxygen atoms in total. The van der Waals surface area contributed by atoms with Gasteiger partial charge in [-0.1, -0.05) is 0 Å². The molecule has 3 aromatic rings. The van der Waals surface area contributed by atoms with Crippen molar-refractivity contribution in [3.8, 4) is 0 Å². The number of anilines is 1. The van der Waals surface area contributed by atoms with E-state index < -0.39 is 6.43 Å². The Balaban J connectivity index is 1.86. The summed E-state index contributed by atoms with van der Waals surface area (Å²) >= 11 is 1.00. The van der Waals surface area contributed by atoms with Crippen molar-refractivity contribution in [2.24, 2.45) is 7.05 Å². The van der Waals surface area contributed by atoms with Crippen molar-refractivity contribution in [1.29, 1.82) is 0 Å². The third kappa shape index (κ3) is 2.68. The second kappa shape index (κ2) is 5.32. The van der Waals surface area contributed by atoms with Gasteiger partial charge in [0.15, 0.2) is 10.8 Å². The number of halogens is 2. The van der Waals surface area contributed by atoms with Gasteiger partial charge in [0.2, 0.25) is 0 Å². The lowest BCUT2D eigenvalue weighted by molar-refractivity contribution is 0.151. The molecule has 0 aliphatic heterocycles. The lowest BCUT2D eigenvalue weighted by Crippen LogP contribution is -2.12. The summed E-state index contributed by atoms with van der Waals surface area (Å²) in [6.45, 7) is 1.92. The van der Waals surface area contributed by atoms with Crippen LogP contribution in [0.4, 0.5) is 14.5 Å². The standard InChI is InChI=1S/C12H12F2N6S/c1-6(11-17-18-19-20(11)2)15-7-3-4-8-9(5-7)21-12(16-8)10(13)14/h3-6,10,15H,1-2H3. The Bertz CT molecular complexity index is 768. The van der Waals surface area contributed by atoms with E-state index in [-0.39, 0.29) is 11.0 Å². The molecule has 3 rings (SSSR count). The van der Waals surface area contributed by atoms with Gasteiger partial charge in [0, 0.05) is 12.7 Å². The minimum atomic E-state index is -2.54. The van der Waals surface area contributed by atoms with Gasteiger partial charge in [-0.25, -0.2) is 18.4 Å². The Morgan fingerprint density at radius 1 is 1.33 bits per heavy atom. The van der Waals surface area contributed by atoms with Crippen LogP contribution < -0.4 is 5.32 Å². The number of tetrazole rings is 1. The summed E-state index contributed by atoms with van der Waals surface area (Å²) in [6, 6.07) is 5.23. The number of hydrogen-bond donors (Lipinski definition) is 1. The van der Waals surface area contributed by atoms with E-state index in [4.69, 9.17) is 0 Å². The molecule has 0 saturated heterocycles. The summed E-state index contributed by atoms with van der Waals surface area (Å²) in [4.78, 5) is 3.90. The normalized spacial score (nSPS) is 13.0. The van der Waals surface area contributed by atoms with Crippen molar-refractivity contribution in [2.75, 3.05) is 5.32 Å². The lowest BCUT2D eigenvalue weighted by atomic mass is 10.2. The van der Waals surface area contributed by atoms with Crippen LogP contribution in [0.2, 0.25) is 0 Å². The molecule has 1 N–H and O–H groups in total. The molecule has 0 saturated carbocycles. The molecule has 9 heteroatoms. The van der Waals surface area contributed by atoms with Gasteiger partial charge in [-0.2, -0.15) is 0 Å². The number of thiazole rings is 1. The summed E-state index contributed by atoms with van der Waals surface area (Å²) < 4.78 is 27.6. The van der Waals surface area contributed by atoms with Gasteiger partial charge < -0.3 is 5.32 Å². The molecule has 1 atom stereocenters. The first-order chi connectivity index (χ1) is 10.0. The summed E-state index contributed by atoms with van der Waals surface area (Å²) in [5, 5.41) is 14.4. The number of nitrogens with zero attached hydrogens (tertiary/aromatic N) is 5. The molecule has 0 aliphatic rings. The predicted octanol–water partition coefficient (Wildman–Crippen LogP) is 2.93. The van der Waals surface area contributed by atoms with Crippen LogP contribution in [0.1, 0.15) is 30.2 Å². The van der Waals surface area contributed by atoms with Crippen molar-refractivity contribution in [2.45, 2.75) is 19.4 Å². The molecule has 0 bridgehead atoms. The summed E-state index contributed by atoms with van der Waals surface area (Å²) in [7, 11) is 1.76. The van der Waals surface area contributed by atoms with E-state index in [1.807, 2.05) is 6.92 Å². The number of nitrogens with one attached hydrogen (secondary N) is 1. The Labute approximate surface area is 122 Å². The summed E-state index contributed by atoms with van der Waals surface area (Å²) in [6.07, 6.45) is -2.54. The first kappa shape index (κ1) is 13.8. The number of fused-ring (bicyclic) bond motifs is 1. The predicted molar refractivity (Wildman–Crippen MR) is 75.4 cm³/mol. The number of hydrogen-bond acceptors (Lipinski definition) is 6. The third-order valence-electron chi connectivity index (χ3n) is 3.02. The van der Waals surface area contributed by atoms with Crippen LogP contribution in [0.25, 0.3) is 10.2 Å².